The van der Waals surface area contributed by atoms with Crippen LogP contribution < -0.4 is 10.6 Å². The molecule has 0 aliphatic carbocycles. The number of hydrogen-bond acceptors (Lipinski definition) is 5. The first-order valence-electron chi connectivity index (χ1n) is 9.42. The van der Waals surface area contributed by atoms with Crippen LogP contribution in [-0.2, 0) is 16.0 Å². The molecule has 0 spiro atoms. The second-order valence-electron chi connectivity index (χ2n) is 6.79. The number of H-pyrrole nitrogens is 1. The lowest BCUT2D eigenvalue weighted by atomic mass is 10.1. The summed E-state index contributed by atoms with van der Waals surface area (Å²) in [5.74, 6) is -1.15. The molecule has 0 saturated carbocycles. The predicted molar refractivity (Wildman–Crippen MR) is 115 cm³/mol. The minimum Gasteiger partial charge on any atom is -0.465 e. The molecule has 0 fully saturated rings. The number of Topliss-reactive ketones (excluding diaryl/α,β-unsaturated/α-hetero) is 1. The Bertz CT molecular complexity index is 1090. The zero-order chi connectivity index (χ0) is 21.7. The van der Waals surface area contributed by atoms with Crippen LogP contribution in [0.3, 0.4) is 0 Å². The summed E-state index contributed by atoms with van der Waals surface area (Å²) in [5.41, 5.74) is 3.55. The number of nitrogens with one attached hydrogen (secondary N) is 3. The molecule has 2 aromatic carbocycles. The van der Waals surface area contributed by atoms with Gasteiger partial charge in [-0.15, -0.1) is 0 Å². The van der Waals surface area contributed by atoms with Crippen molar-refractivity contribution in [3.8, 4) is 0 Å². The third-order valence-electron chi connectivity index (χ3n) is 4.66. The van der Waals surface area contributed by atoms with Crippen LogP contribution in [0.25, 0.3) is 0 Å². The summed E-state index contributed by atoms with van der Waals surface area (Å²) in [7, 11) is 1.26. The molecule has 0 aliphatic heterocycles. The third-order valence-corrected chi connectivity index (χ3v) is 4.66. The highest BCUT2D eigenvalue weighted by atomic mass is 16.5. The van der Waals surface area contributed by atoms with E-state index in [1.54, 1.807) is 13.0 Å². The van der Waals surface area contributed by atoms with E-state index in [2.05, 4.69) is 15.6 Å². The maximum absolute atomic E-state index is 12.7. The summed E-state index contributed by atoms with van der Waals surface area (Å²) in [5, 5.41) is 6.13. The first-order chi connectivity index (χ1) is 14.4. The van der Waals surface area contributed by atoms with Crippen molar-refractivity contribution < 1.29 is 19.1 Å². The van der Waals surface area contributed by atoms with Gasteiger partial charge < -0.3 is 20.4 Å². The maximum atomic E-state index is 12.7. The lowest BCUT2D eigenvalue weighted by Crippen LogP contribution is -2.17. The van der Waals surface area contributed by atoms with Crippen LogP contribution in [0.1, 0.15) is 39.0 Å². The van der Waals surface area contributed by atoms with Gasteiger partial charge >= 0.3 is 5.97 Å². The van der Waals surface area contributed by atoms with Crippen LogP contribution in [-0.4, -0.2) is 29.8 Å². The molecule has 7 nitrogen and oxygen atoms in total. The first kappa shape index (κ1) is 20.9. The van der Waals surface area contributed by atoms with Gasteiger partial charge in [0.25, 0.3) is 0 Å². The van der Waals surface area contributed by atoms with E-state index in [1.165, 1.54) is 14.0 Å². The van der Waals surface area contributed by atoms with Crippen molar-refractivity contribution in [2.45, 2.75) is 20.3 Å². The van der Waals surface area contributed by atoms with Crippen LogP contribution in [0.15, 0.2) is 54.6 Å². The van der Waals surface area contributed by atoms with E-state index in [1.807, 2.05) is 48.5 Å². The fourth-order valence-electron chi connectivity index (χ4n) is 3.25. The number of rotatable bonds is 7. The zero-order valence-electron chi connectivity index (χ0n) is 17.0. The normalized spacial score (nSPS) is 10.4. The Morgan fingerprint density at radius 3 is 2.23 bits per heavy atom. The predicted octanol–water partition coefficient (Wildman–Crippen LogP) is 4.24. The fourth-order valence-corrected chi connectivity index (χ4v) is 3.25. The lowest BCUT2D eigenvalue weighted by Gasteiger charge is -2.13. The molecule has 7 heteroatoms. The molecule has 0 bridgehead atoms. The maximum Gasteiger partial charge on any atom is 0.339 e. The number of amides is 1. The first-order valence-corrected chi connectivity index (χ1v) is 9.42. The van der Waals surface area contributed by atoms with Crippen LogP contribution in [0.2, 0.25) is 0 Å². The average Bonchev–Trinajstić information content (AvgIpc) is 3.05. The van der Waals surface area contributed by atoms with Crippen molar-refractivity contribution in [2.24, 2.45) is 0 Å². The summed E-state index contributed by atoms with van der Waals surface area (Å²) in [4.78, 5) is 39.7. The molecule has 1 amide bonds. The van der Waals surface area contributed by atoms with E-state index < -0.39 is 5.97 Å². The van der Waals surface area contributed by atoms with Crippen molar-refractivity contribution in [2.75, 3.05) is 17.7 Å². The highest BCUT2D eigenvalue weighted by Gasteiger charge is 2.24. The van der Waals surface area contributed by atoms with E-state index in [0.717, 1.165) is 11.4 Å². The Morgan fingerprint density at radius 1 is 0.967 bits per heavy atom. The van der Waals surface area contributed by atoms with Crippen molar-refractivity contribution >= 4 is 34.7 Å². The van der Waals surface area contributed by atoms with Gasteiger partial charge in [0.05, 0.1) is 36.2 Å². The second-order valence-corrected chi connectivity index (χ2v) is 6.79. The van der Waals surface area contributed by atoms with E-state index >= 15 is 0 Å². The van der Waals surface area contributed by atoms with Gasteiger partial charge in [0.15, 0.2) is 5.78 Å². The van der Waals surface area contributed by atoms with Crippen molar-refractivity contribution in [3.05, 3.63) is 77.1 Å². The van der Waals surface area contributed by atoms with Gasteiger partial charge in [0, 0.05) is 18.3 Å². The summed E-state index contributed by atoms with van der Waals surface area (Å²) in [6, 6.07) is 16.9. The number of carbonyl (C=O) groups excluding carboxylic acids is 3. The molecule has 3 N–H and O–H groups in total. The summed E-state index contributed by atoms with van der Waals surface area (Å²) >= 11 is 0. The molecule has 0 atom stereocenters. The number of aromatic nitrogens is 1. The number of esters is 1. The van der Waals surface area contributed by atoms with E-state index in [4.69, 9.17) is 4.74 Å². The Morgan fingerprint density at radius 2 is 1.60 bits per heavy atom. The largest absolute Gasteiger partial charge is 0.465 e. The molecule has 0 aliphatic rings. The van der Waals surface area contributed by atoms with Gasteiger partial charge in [-0.1, -0.05) is 30.3 Å². The monoisotopic (exact) mass is 405 g/mol. The Balaban J connectivity index is 1.83. The van der Waals surface area contributed by atoms with Gasteiger partial charge in [0.1, 0.15) is 0 Å². The second kappa shape index (κ2) is 9.09. The number of para-hydroxylation sites is 3. The van der Waals surface area contributed by atoms with Gasteiger partial charge in [-0.2, -0.15) is 0 Å². The number of methoxy groups -OCH3 is 1. The average molecular weight is 405 g/mol. The van der Waals surface area contributed by atoms with E-state index in [0.29, 0.717) is 22.6 Å². The third kappa shape index (κ3) is 4.57. The zero-order valence-corrected chi connectivity index (χ0v) is 17.0. The Labute approximate surface area is 174 Å². The fraction of sp³-hybridized carbons (Fsp3) is 0.174. The smallest absolute Gasteiger partial charge is 0.339 e. The summed E-state index contributed by atoms with van der Waals surface area (Å²) < 4.78 is 4.82. The van der Waals surface area contributed by atoms with Crippen LogP contribution >= 0.6 is 0 Å². The number of ketones is 1. The molecule has 30 heavy (non-hydrogen) atoms. The van der Waals surface area contributed by atoms with Gasteiger partial charge in [0.2, 0.25) is 5.91 Å². The van der Waals surface area contributed by atoms with E-state index in [-0.39, 0.29) is 23.7 Å². The highest BCUT2D eigenvalue weighted by Crippen LogP contribution is 2.26. The minimum absolute atomic E-state index is 0.113. The number of anilines is 3. The number of aromatic amines is 1. The number of ether oxygens (including phenoxy) is 1. The minimum atomic E-state index is -0.592. The molecule has 1 aromatic heterocycles. The highest BCUT2D eigenvalue weighted by molar-refractivity contribution is 6.02. The molecule has 3 aromatic rings. The summed E-state index contributed by atoms with van der Waals surface area (Å²) in [6.07, 6.45) is -0.113. The Kier molecular flexibility index (Phi) is 6.32. The standard InChI is InChI=1S/C23H23N3O4/c1-14-21(23(29)30-3)19(26-22(14)15(2)27)13-20(28)25-18-12-8-7-11-17(18)24-16-9-5-4-6-10-16/h4-12,24,26H,13H2,1-3H3,(H,25,28). The number of carbonyl (C=O) groups is 3. The Hall–Kier alpha value is -3.87. The van der Waals surface area contributed by atoms with Crippen LogP contribution in [0.5, 0.6) is 0 Å². The van der Waals surface area contributed by atoms with Crippen molar-refractivity contribution in [1.29, 1.82) is 0 Å². The SMILES string of the molecule is COC(=O)c1c(CC(=O)Nc2ccccc2Nc2ccccc2)[nH]c(C(C)=O)c1C. The quantitative estimate of drug-likeness (QED) is 0.403. The van der Waals surface area contributed by atoms with E-state index in [9.17, 15) is 14.4 Å². The molecule has 154 valence electrons. The van der Waals surface area contributed by atoms with Gasteiger partial charge in [-0.25, -0.2) is 4.79 Å². The van der Waals surface area contributed by atoms with Crippen molar-refractivity contribution in [1.82, 2.24) is 4.98 Å². The van der Waals surface area contributed by atoms with Crippen LogP contribution in [0, 0.1) is 6.92 Å². The molecule has 0 radical (unpaired) electrons. The topological polar surface area (TPSA) is 100 Å². The van der Waals surface area contributed by atoms with Gasteiger partial charge in [-0.05, 0) is 36.8 Å². The molecule has 0 unspecified atom stereocenters. The van der Waals surface area contributed by atoms with Crippen molar-refractivity contribution in [3.63, 3.8) is 0 Å². The lowest BCUT2D eigenvalue weighted by molar-refractivity contribution is -0.115. The molecule has 3 rings (SSSR count). The molecular weight excluding hydrogens is 382 g/mol. The molecule has 1 heterocycles. The molecular formula is C23H23N3O4. The number of hydrogen-bond donors (Lipinski definition) is 3. The number of benzene rings is 2. The molecule has 0 saturated heterocycles. The summed E-state index contributed by atoms with van der Waals surface area (Å²) in [6.45, 7) is 3.05. The van der Waals surface area contributed by atoms with Gasteiger partial charge in [-0.3, -0.25) is 9.59 Å². The van der Waals surface area contributed by atoms with Crippen LogP contribution in [0.4, 0.5) is 17.1 Å².